The number of fused-ring (bicyclic) bond motifs is 1. The van der Waals surface area contributed by atoms with Crippen LogP contribution in [0.25, 0.3) is 0 Å². The van der Waals surface area contributed by atoms with Crippen LogP contribution in [0, 0.1) is 43.9 Å². The number of hydrogen-bond acceptors (Lipinski definition) is 4. The van der Waals surface area contributed by atoms with E-state index in [9.17, 15) is 9.90 Å². The normalized spacial score (nSPS) is 17.9. The predicted molar refractivity (Wildman–Crippen MR) is 189 cm³/mol. The molecule has 0 radical (unpaired) electrons. The molecule has 1 heterocycles. The number of benzene rings is 2. The molecule has 2 aromatic carbocycles. The first-order valence-electron chi connectivity index (χ1n) is 17.6. The van der Waals surface area contributed by atoms with Crippen molar-refractivity contribution in [2.24, 2.45) is 23.2 Å². The number of amides is 1. The minimum Gasteiger partial charge on any atom is -0.504 e. The molecule has 1 aliphatic heterocycles. The van der Waals surface area contributed by atoms with Gasteiger partial charge in [0.05, 0.1) is 0 Å². The zero-order valence-corrected chi connectivity index (χ0v) is 30.4. The number of carbonyl (C=O) groups excluding carboxylic acids is 1. The van der Waals surface area contributed by atoms with Gasteiger partial charge in [-0.2, -0.15) is 0 Å². The lowest BCUT2D eigenvalue weighted by molar-refractivity contribution is -0.123. The van der Waals surface area contributed by atoms with Gasteiger partial charge in [-0.1, -0.05) is 93.4 Å². The quantitative estimate of drug-likeness (QED) is 0.194. The van der Waals surface area contributed by atoms with Gasteiger partial charge in [0, 0.05) is 22.7 Å². The number of aromatic hydroxyl groups is 1. The van der Waals surface area contributed by atoms with Crippen LogP contribution in [-0.2, 0) is 11.2 Å². The van der Waals surface area contributed by atoms with Crippen molar-refractivity contribution < 1.29 is 19.4 Å². The van der Waals surface area contributed by atoms with Crippen molar-refractivity contribution >= 4 is 11.6 Å². The summed E-state index contributed by atoms with van der Waals surface area (Å²) < 4.78 is 13.2. The minimum absolute atomic E-state index is 0.0344. The van der Waals surface area contributed by atoms with E-state index >= 15 is 0 Å². The maximum atomic E-state index is 12.5. The van der Waals surface area contributed by atoms with E-state index in [1.807, 2.05) is 20.8 Å². The number of phenols is 1. The molecule has 0 aliphatic carbocycles. The molecule has 0 saturated heterocycles. The van der Waals surface area contributed by atoms with E-state index in [0.717, 1.165) is 65.2 Å². The van der Waals surface area contributed by atoms with Crippen LogP contribution in [0.2, 0.25) is 0 Å². The predicted octanol–water partition coefficient (Wildman–Crippen LogP) is 11.6. The highest BCUT2D eigenvalue weighted by Gasteiger charge is 2.35. The van der Waals surface area contributed by atoms with E-state index in [0.29, 0.717) is 11.4 Å². The topological polar surface area (TPSA) is 67.8 Å². The van der Waals surface area contributed by atoms with Gasteiger partial charge >= 0.3 is 0 Å². The summed E-state index contributed by atoms with van der Waals surface area (Å²) in [6.07, 6.45) is 13.6. The van der Waals surface area contributed by atoms with Crippen molar-refractivity contribution in [3.05, 3.63) is 40.5 Å². The average molecular weight is 622 g/mol. The Kier molecular flexibility index (Phi) is 12.9. The van der Waals surface area contributed by atoms with Crippen LogP contribution in [0.3, 0.4) is 0 Å². The first-order valence-corrected chi connectivity index (χ1v) is 17.6. The van der Waals surface area contributed by atoms with Crippen LogP contribution in [0.15, 0.2) is 18.2 Å². The fraction of sp³-hybridized carbons (Fsp3) is 0.675. The lowest BCUT2D eigenvalue weighted by Gasteiger charge is -2.38. The van der Waals surface area contributed by atoms with Gasteiger partial charge in [0.2, 0.25) is 5.91 Å². The maximum absolute atomic E-state index is 12.5. The Morgan fingerprint density at radius 1 is 0.933 bits per heavy atom. The molecule has 1 amide bonds. The van der Waals surface area contributed by atoms with E-state index in [4.69, 9.17) is 9.47 Å². The molecule has 0 spiro atoms. The van der Waals surface area contributed by atoms with Crippen LogP contribution < -0.4 is 14.8 Å². The molecular formula is C40H63NO4. The third-order valence-electron chi connectivity index (χ3n) is 9.95. The van der Waals surface area contributed by atoms with Gasteiger partial charge in [-0.15, -0.1) is 0 Å². The highest BCUT2D eigenvalue weighted by Crippen LogP contribution is 2.47. The minimum atomic E-state index is -0.528. The molecule has 0 aromatic heterocycles. The summed E-state index contributed by atoms with van der Waals surface area (Å²) in [5.41, 5.74) is 4.23. The molecule has 0 saturated carbocycles. The molecule has 1 aliphatic rings. The Morgan fingerprint density at radius 2 is 1.53 bits per heavy atom. The highest BCUT2D eigenvalue weighted by molar-refractivity contribution is 5.94. The second kappa shape index (κ2) is 15.7. The number of ether oxygens (including phenoxy) is 2. The first-order chi connectivity index (χ1) is 21.0. The molecule has 2 N–H and O–H groups in total. The van der Waals surface area contributed by atoms with Gasteiger partial charge in [-0.25, -0.2) is 0 Å². The summed E-state index contributed by atoms with van der Waals surface area (Å²) in [5.74, 6) is 4.44. The van der Waals surface area contributed by atoms with E-state index in [1.165, 1.54) is 56.9 Å². The fourth-order valence-electron chi connectivity index (χ4n) is 6.52. The largest absolute Gasteiger partial charge is 0.504 e. The van der Waals surface area contributed by atoms with Gasteiger partial charge in [0.1, 0.15) is 17.1 Å². The summed E-state index contributed by atoms with van der Waals surface area (Å²) in [6.45, 7) is 23.7. The Morgan fingerprint density at radius 3 is 2.13 bits per heavy atom. The lowest BCUT2D eigenvalue weighted by atomic mass is 9.83. The van der Waals surface area contributed by atoms with Crippen LogP contribution in [0.1, 0.15) is 142 Å². The van der Waals surface area contributed by atoms with Crippen LogP contribution >= 0.6 is 0 Å². The van der Waals surface area contributed by atoms with Gasteiger partial charge in [-0.3, -0.25) is 4.79 Å². The van der Waals surface area contributed by atoms with Crippen LogP contribution in [0.4, 0.5) is 5.69 Å². The lowest BCUT2D eigenvalue weighted by Crippen LogP contribution is -2.37. The number of anilines is 1. The molecule has 3 unspecified atom stereocenters. The third-order valence-corrected chi connectivity index (χ3v) is 9.95. The highest BCUT2D eigenvalue weighted by atomic mass is 16.5. The smallest absolute Gasteiger partial charge is 0.229 e. The van der Waals surface area contributed by atoms with E-state index in [2.05, 4.69) is 60.7 Å². The zero-order valence-electron chi connectivity index (χ0n) is 30.4. The Labute approximate surface area is 274 Å². The second-order valence-corrected chi connectivity index (χ2v) is 15.9. The molecule has 5 nitrogen and oxygen atoms in total. The molecule has 2 aromatic rings. The Bertz CT molecular complexity index is 1290. The second-order valence-electron chi connectivity index (χ2n) is 15.9. The van der Waals surface area contributed by atoms with Gasteiger partial charge in [0.25, 0.3) is 0 Å². The molecular weight excluding hydrogens is 558 g/mol. The summed E-state index contributed by atoms with van der Waals surface area (Å²) in [6, 6.07) is 4.94. The van der Waals surface area contributed by atoms with Gasteiger partial charge in [0.15, 0.2) is 11.5 Å². The molecule has 252 valence electrons. The van der Waals surface area contributed by atoms with E-state index in [1.54, 1.807) is 18.2 Å². The summed E-state index contributed by atoms with van der Waals surface area (Å²) in [4.78, 5) is 12.5. The average Bonchev–Trinajstić information content (AvgIpc) is 2.94. The molecule has 0 fully saturated rings. The first kappa shape index (κ1) is 36.8. The van der Waals surface area contributed by atoms with Crippen molar-refractivity contribution in [2.45, 2.75) is 152 Å². The van der Waals surface area contributed by atoms with Gasteiger partial charge < -0.3 is 19.9 Å². The molecule has 5 heteroatoms. The SMILES string of the molecule is Cc1c(C)c2c(c(C)c1Oc1cc(NC(=O)C(C)(C)C)ccc1O)CCC(C)(CCCC(C)CCCC(C)CCCC(C)C)O2. The van der Waals surface area contributed by atoms with E-state index < -0.39 is 5.41 Å². The molecule has 3 atom stereocenters. The number of rotatable bonds is 15. The van der Waals surface area contributed by atoms with Crippen LogP contribution in [-0.4, -0.2) is 16.6 Å². The number of carbonyl (C=O) groups is 1. The fourth-order valence-corrected chi connectivity index (χ4v) is 6.52. The van der Waals surface area contributed by atoms with Gasteiger partial charge in [-0.05, 0) is 100.0 Å². The molecule has 0 bridgehead atoms. The molecule has 3 rings (SSSR count). The Balaban J connectivity index is 1.60. The zero-order chi connectivity index (χ0) is 33.5. The standard InChI is InChI=1S/C40H63NO4/c1-26(2)15-12-16-27(3)17-13-18-28(4)19-14-23-40(11)24-22-33-31(7)36(29(5)30(6)37(33)45-40)44-35-25-32(20-21-34(35)42)41-38(43)39(8,9)10/h20-21,25-28,42H,12-19,22-24H2,1-11H3,(H,41,43). The van der Waals surface area contributed by atoms with Crippen molar-refractivity contribution in [3.8, 4) is 23.0 Å². The van der Waals surface area contributed by atoms with Crippen molar-refractivity contribution in [1.29, 1.82) is 0 Å². The number of nitrogens with one attached hydrogen (secondary N) is 1. The summed E-state index contributed by atoms with van der Waals surface area (Å²) in [7, 11) is 0. The van der Waals surface area contributed by atoms with Crippen molar-refractivity contribution in [2.75, 3.05) is 5.32 Å². The van der Waals surface area contributed by atoms with Crippen molar-refractivity contribution in [3.63, 3.8) is 0 Å². The molecule has 45 heavy (non-hydrogen) atoms. The van der Waals surface area contributed by atoms with Crippen molar-refractivity contribution in [1.82, 2.24) is 0 Å². The number of hydrogen-bond donors (Lipinski definition) is 2. The third kappa shape index (κ3) is 10.4. The maximum Gasteiger partial charge on any atom is 0.229 e. The monoisotopic (exact) mass is 621 g/mol. The van der Waals surface area contributed by atoms with E-state index in [-0.39, 0.29) is 17.3 Å². The summed E-state index contributed by atoms with van der Waals surface area (Å²) >= 11 is 0. The Hall–Kier alpha value is -2.69. The number of phenolic OH excluding ortho intramolecular Hbond substituents is 1. The summed E-state index contributed by atoms with van der Waals surface area (Å²) in [5, 5.41) is 13.6. The van der Waals surface area contributed by atoms with Crippen LogP contribution in [0.5, 0.6) is 23.0 Å².